The van der Waals surface area contributed by atoms with Crippen molar-refractivity contribution < 1.29 is 14.3 Å². The number of aryl methyl sites for hydroxylation is 1. The number of hydrogen-bond donors (Lipinski definition) is 1. The smallest absolute Gasteiger partial charge is 0.231 e. The van der Waals surface area contributed by atoms with E-state index in [1.54, 1.807) is 6.20 Å². The Labute approximate surface area is 183 Å². The molecule has 1 N–H and O–H groups in total. The Hall–Kier alpha value is -2.67. The van der Waals surface area contributed by atoms with Crippen LogP contribution in [-0.2, 0) is 20.7 Å². The number of benzene rings is 1. The Bertz CT molecular complexity index is 853. The van der Waals surface area contributed by atoms with Gasteiger partial charge in [0.15, 0.2) is 0 Å². The molecule has 166 valence electrons. The lowest BCUT2D eigenvalue weighted by atomic mass is 10.0. The maximum absolute atomic E-state index is 12.6. The summed E-state index contributed by atoms with van der Waals surface area (Å²) in [7, 11) is 0. The van der Waals surface area contributed by atoms with Gasteiger partial charge in [-0.15, -0.1) is 0 Å². The predicted molar refractivity (Wildman–Crippen MR) is 119 cm³/mol. The van der Waals surface area contributed by atoms with Gasteiger partial charge in [-0.25, -0.2) is 4.68 Å². The number of piperidine rings is 1. The largest absolute Gasteiger partial charge is 0.381 e. The number of likely N-dealkylation sites (tertiary alicyclic amines) is 1. The van der Waals surface area contributed by atoms with Crippen LogP contribution in [0.3, 0.4) is 0 Å². The minimum absolute atomic E-state index is 0.00219. The molecular weight excluding hydrogens is 392 g/mol. The zero-order valence-electron chi connectivity index (χ0n) is 18.0. The Morgan fingerprint density at radius 3 is 2.61 bits per heavy atom. The van der Waals surface area contributed by atoms with Crippen LogP contribution in [0.1, 0.15) is 50.1 Å². The van der Waals surface area contributed by atoms with Gasteiger partial charge in [0.05, 0.1) is 24.8 Å². The standard InChI is InChI=1S/C24H32N4O3/c29-23(9-5-4-8-19-6-2-1-3-7-19)27-15-11-21(12-16-27)28-22(10-14-25-28)26-24(30)20-13-17-31-18-20/h1-3,6-7,10,14,20-21H,4-5,8-9,11-13,15-18H2,(H,26,30). The van der Waals surface area contributed by atoms with E-state index < -0.39 is 0 Å². The third kappa shape index (κ3) is 5.73. The first kappa shape index (κ1) is 21.6. The monoisotopic (exact) mass is 424 g/mol. The fourth-order valence-electron chi connectivity index (χ4n) is 4.44. The molecule has 31 heavy (non-hydrogen) atoms. The van der Waals surface area contributed by atoms with E-state index in [1.807, 2.05) is 21.7 Å². The van der Waals surface area contributed by atoms with E-state index in [-0.39, 0.29) is 23.8 Å². The van der Waals surface area contributed by atoms with E-state index in [1.165, 1.54) is 5.56 Å². The maximum atomic E-state index is 12.6. The van der Waals surface area contributed by atoms with Gasteiger partial charge in [0.25, 0.3) is 0 Å². The second-order valence-electron chi connectivity index (χ2n) is 8.52. The summed E-state index contributed by atoms with van der Waals surface area (Å²) >= 11 is 0. The molecule has 0 bridgehead atoms. The average Bonchev–Trinajstić information content (AvgIpc) is 3.50. The van der Waals surface area contributed by atoms with Crippen LogP contribution in [0.2, 0.25) is 0 Å². The van der Waals surface area contributed by atoms with Crippen molar-refractivity contribution in [3.05, 3.63) is 48.2 Å². The van der Waals surface area contributed by atoms with Gasteiger partial charge < -0.3 is 15.0 Å². The van der Waals surface area contributed by atoms with Crippen molar-refractivity contribution >= 4 is 17.6 Å². The average molecular weight is 425 g/mol. The Morgan fingerprint density at radius 1 is 1.06 bits per heavy atom. The quantitative estimate of drug-likeness (QED) is 0.659. The number of rotatable bonds is 8. The molecule has 0 saturated carbocycles. The zero-order valence-corrected chi connectivity index (χ0v) is 18.0. The first-order valence-electron chi connectivity index (χ1n) is 11.4. The van der Waals surface area contributed by atoms with Gasteiger partial charge in [-0.2, -0.15) is 5.10 Å². The van der Waals surface area contributed by atoms with E-state index >= 15 is 0 Å². The van der Waals surface area contributed by atoms with Gasteiger partial charge in [0, 0.05) is 32.2 Å². The van der Waals surface area contributed by atoms with Crippen molar-refractivity contribution in [1.29, 1.82) is 0 Å². The molecule has 1 unspecified atom stereocenters. The topological polar surface area (TPSA) is 76.5 Å². The SMILES string of the molecule is O=C(Nc1ccnn1C1CCN(C(=O)CCCCc2ccccc2)CC1)C1CCOC1. The predicted octanol–water partition coefficient (Wildman–Crippen LogP) is 3.43. The summed E-state index contributed by atoms with van der Waals surface area (Å²) in [6, 6.07) is 12.5. The van der Waals surface area contributed by atoms with Crippen LogP contribution in [0.15, 0.2) is 42.6 Å². The molecule has 2 aromatic rings. The number of aromatic nitrogens is 2. The maximum Gasteiger partial charge on any atom is 0.231 e. The van der Waals surface area contributed by atoms with Crippen molar-refractivity contribution in [2.75, 3.05) is 31.6 Å². The number of nitrogens with one attached hydrogen (secondary N) is 1. The number of unbranched alkanes of at least 4 members (excludes halogenated alkanes) is 1. The van der Waals surface area contributed by atoms with Crippen molar-refractivity contribution in [2.45, 2.75) is 51.0 Å². The Balaban J connectivity index is 1.20. The van der Waals surface area contributed by atoms with Crippen molar-refractivity contribution in [2.24, 2.45) is 5.92 Å². The van der Waals surface area contributed by atoms with Gasteiger partial charge in [-0.05, 0) is 44.1 Å². The van der Waals surface area contributed by atoms with Crippen molar-refractivity contribution in [3.8, 4) is 0 Å². The minimum Gasteiger partial charge on any atom is -0.381 e. The normalized spacial score (nSPS) is 19.5. The van der Waals surface area contributed by atoms with Crippen LogP contribution in [0.25, 0.3) is 0 Å². The summed E-state index contributed by atoms with van der Waals surface area (Å²) < 4.78 is 7.23. The summed E-state index contributed by atoms with van der Waals surface area (Å²) in [6.07, 6.45) is 7.81. The number of amides is 2. The second-order valence-corrected chi connectivity index (χ2v) is 8.52. The highest BCUT2D eigenvalue weighted by molar-refractivity contribution is 5.92. The molecule has 1 aromatic carbocycles. The lowest BCUT2D eigenvalue weighted by molar-refractivity contribution is -0.132. The summed E-state index contributed by atoms with van der Waals surface area (Å²) in [5, 5.41) is 7.46. The molecule has 2 aliphatic heterocycles. The second kappa shape index (κ2) is 10.6. The third-order valence-electron chi connectivity index (χ3n) is 6.33. The molecule has 1 aromatic heterocycles. The molecule has 2 saturated heterocycles. The summed E-state index contributed by atoms with van der Waals surface area (Å²) in [6.45, 7) is 2.62. The Morgan fingerprint density at radius 2 is 1.87 bits per heavy atom. The van der Waals surface area contributed by atoms with E-state index in [9.17, 15) is 9.59 Å². The minimum atomic E-state index is -0.0790. The third-order valence-corrected chi connectivity index (χ3v) is 6.33. The zero-order chi connectivity index (χ0) is 21.5. The van der Waals surface area contributed by atoms with Crippen LogP contribution < -0.4 is 5.32 Å². The number of anilines is 1. The van der Waals surface area contributed by atoms with Crippen molar-refractivity contribution in [1.82, 2.24) is 14.7 Å². The number of hydrogen-bond acceptors (Lipinski definition) is 4. The molecule has 2 amide bonds. The van der Waals surface area contributed by atoms with E-state index in [4.69, 9.17) is 4.74 Å². The van der Waals surface area contributed by atoms with Crippen LogP contribution in [0.5, 0.6) is 0 Å². The van der Waals surface area contributed by atoms with Gasteiger partial charge >= 0.3 is 0 Å². The highest BCUT2D eigenvalue weighted by Crippen LogP contribution is 2.26. The van der Waals surface area contributed by atoms with E-state index in [0.29, 0.717) is 19.6 Å². The fraction of sp³-hybridized carbons (Fsp3) is 0.542. The van der Waals surface area contributed by atoms with Gasteiger partial charge in [0.2, 0.25) is 11.8 Å². The number of carbonyl (C=O) groups excluding carboxylic acids is 2. The van der Waals surface area contributed by atoms with Gasteiger partial charge in [0.1, 0.15) is 5.82 Å². The molecule has 0 radical (unpaired) electrons. The molecule has 0 spiro atoms. The Kier molecular flexibility index (Phi) is 7.35. The molecule has 4 rings (SSSR count). The lowest BCUT2D eigenvalue weighted by Gasteiger charge is -2.33. The van der Waals surface area contributed by atoms with Crippen LogP contribution in [0, 0.1) is 5.92 Å². The molecule has 2 aliphatic rings. The highest BCUT2D eigenvalue weighted by atomic mass is 16.5. The van der Waals surface area contributed by atoms with Gasteiger partial charge in [-0.1, -0.05) is 30.3 Å². The molecular formula is C24H32N4O3. The number of carbonyl (C=O) groups is 2. The molecule has 0 aliphatic carbocycles. The molecule has 3 heterocycles. The first-order chi connectivity index (χ1) is 15.2. The number of nitrogens with zero attached hydrogens (tertiary/aromatic N) is 3. The summed E-state index contributed by atoms with van der Waals surface area (Å²) in [5.74, 6) is 0.913. The highest BCUT2D eigenvalue weighted by Gasteiger charge is 2.27. The van der Waals surface area contributed by atoms with Crippen LogP contribution in [-0.4, -0.2) is 52.8 Å². The molecule has 2 fully saturated rings. The van der Waals surface area contributed by atoms with E-state index in [0.717, 1.165) is 57.4 Å². The summed E-state index contributed by atoms with van der Waals surface area (Å²) in [5.41, 5.74) is 1.33. The lowest BCUT2D eigenvalue weighted by Crippen LogP contribution is -2.39. The molecule has 7 nitrogen and oxygen atoms in total. The van der Waals surface area contributed by atoms with Crippen LogP contribution in [0.4, 0.5) is 5.82 Å². The summed E-state index contributed by atoms with van der Waals surface area (Å²) in [4.78, 5) is 27.0. The van der Waals surface area contributed by atoms with Gasteiger partial charge in [-0.3, -0.25) is 9.59 Å². The fourth-order valence-corrected chi connectivity index (χ4v) is 4.44. The van der Waals surface area contributed by atoms with Crippen molar-refractivity contribution in [3.63, 3.8) is 0 Å². The molecule has 1 atom stereocenters. The van der Waals surface area contributed by atoms with Crippen LogP contribution >= 0.6 is 0 Å². The first-order valence-corrected chi connectivity index (χ1v) is 11.4. The van der Waals surface area contributed by atoms with E-state index in [2.05, 4.69) is 34.7 Å². The number of ether oxygens (including phenoxy) is 1. The molecule has 7 heteroatoms.